The lowest BCUT2D eigenvalue weighted by molar-refractivity contribution is -0.135. The molecule has 126 valence electrons. The Morgan fingerprint density at radius 2 is 1.88 bits per heavy atom. The van der Waals surface area contributed by atoms with Gasteiger partial charge in [0.25, 0.3) is 0 Å². The Hall–Kier alpha value is -2.17. The van der Waals surface area contributed by atoms with E-state index in [1.165, 1.54) is 0 Å². The number of hydrogen-bond donors (Lipinski definition) is 0. The zero-order valence-electron chi connectivity index (χ0n) is 13.8. The predicted octanol–water partition coefficient (Wildman–Crippen LogP) is 1.85. The second-order valence-corrected chi connectivity index (χ2v) is 7.20. The first-order chi connectivity index (χ1) is 11.7. The van der Waals surface area contributed by atoms with E-state index in [0.29, 0.717) is 31.3 Å². The number of rotatable bonds is 3. The molecule has 2 amide bonds. The highest BCUT2D eigenvalue weighted by Crippen LogP contribution is 2.34. The molecule has 1 aliphatic carbocycles. The molecular weight excluding hydrogens is 302 g/mol. The third-order valence-electron chi connectivity index (χ3n) is 5.58. The van der Waals surface area contributed by atoms with Gasteiger partial charge in [0.05, 0.1) is 18.2 Å². The van der Waals surface area contributed by atoms with Gasteiger partial charge in [-0.15, -0.1) is 0 Å². The van der Waals surface area contributed by atoms with Gasteiger partial charge in [-0.3, -0.25) is 14.6 Å². The molecule has 3 atom stereocenters. The van der Waals surface area contributed by atoms with E-state index < -0.39 is 0 Å². The molecule has 2 saturated heterocycles. The van der Waals surface area contributed by atoms with E-state index in [1.54, 1.807) is 11.1 Å². The molecule has 1 unspecified atom stereocenters. The van der Waals surface area contributed by atoms with Crippen molar-refractivity contribution in [2.45, 2.75) is 25.8 Å². The first-order valence-electron chi connectivity index (χ1n) is 8.82. The maximum Gasteiger partial charge on any atom is 0.228 e. The summed E-state index contributed by atoms with van der Waals surface area (Å²) in [5.41, 5.74) is 0.872. The average molecular weight is 325 g/mol. The Morgan fingerprint density at radius 3 is 2.54 bits per heavy atom. The van der Waals surface area contributed by atoms with Crippen molar-refractivity contribution in [1.29, 1.82) is 0 Å². The molecule has 3 aliphatic rings. The molecule has 5 nitrogen and oxygen atoms in total. The normalized spacial score (nSPS) is 29.2. The number of fused-ring (bicyclic) bond motifs is 1. The molecule has 2 fully saturated rings. The summed E-state index contributed by atoms with van der Waals surface area (Å²) in [6.45, 7) is 2.74. The van der Waals surface area contributed by atoms with Crippen LogP contribution in [0.25, 0.3) is 0 Å². The van der Waals surface area contributed by atoms with Gasteiger partial charge < -0.3 is 9.80 Å². The number of amides is 2. The second kappa shape index (κ2) is 6.38. The number of allylic oxidation sites excluding steroid dienone is 2. The summed E-state index contributed by atoms with van der Waals surface area (Å²) in [6, 6.07) is 5.70. The van der Waals surface area contributed by atoms with Crippen molar-refractivity contribution in [2.75, 3.05) is 19.6 Å². The molecule has 24 heavy (non-hydrogen) atoms. The van der Waals surface area contributed by atoms with E-state index in [2.05, 4.69) is 17.1 Å². The van der Waals surface area contributed by atoms with Gasteiger partial charge in [-0.1, -0.05) is 18.2 Å². The van der Waals surface area contributed by atoms with Crippen LogP contribution in [-0.4, -0.2) is 46.2 Å². The van der Waals surface area contributed by atoms with Gasteiger partial charge in [-0.25, -0.2) is 0 Å². The number of carbonyl (C=O) groups is 2. The molecule has 0 N–H and O–H groups in total. The number of nitrogens with zero attached hydrogens (tertiary/aromatic N) is 3. The minimum absolute atomic E-state index is 0.0669. The maximum atomic E-state index is 12.8. The van der Waals surface area contributed by atoms with E-state index in [0.717, 1.165) is 31.6 Å². The van der Waals surface area contributed by atoms with Crippen LogP contribution >= 0.6 is 0 Å². The van der Waals surface area contributed by atoms with Crippen molar-refractivity contribution in [3.8, 4) is 0 Å². The molecule has 0 saturated carbocycles. The van der Waals surface area contributed by atoms with Crippen molar-refractivity contribution in [1.82, 2.24) is 14.8 Å². The van der Waals surface area contributed by atoms with Crippen LogP contribution < -0.4 is 0 Å². The Labute approximate surface area is 142 Å². The van der Waals surface area contributed by atoms with Crippen molar-refractivity contribution in [2.24, 2.45) is 17.8 Å². The lowest BCUT2D eigenvalue weighted by Gasteiger charge is -2.21. The number of carbonyl (C=O) groups excluding carboxylic acids is 2. The van der Waals surface area contributed by atoms with Crippen LogP contribution in [0, 0.1) is 17.8 Å². The predicted molar refractivity (Wildman–Crippen MR) is 89.7 cm³/mol. The summed E-state index contributed by atoms with van der Waals surface area (Å²) >= 11 is 0. The third kappa shape index (κ3) is 2.95. The fourth-order valence-electron chi connectivity index (χ4n) is 4.23. The first kappa shape index (κ1) is 15.4. The van der Waals surface area contributed by atoms with Gasteiger partial charge in [0.15, 0.2) is 0 Å². The highest BCUT2D eigenvalue weighted by atomic mass is 16.2. The molecule has 1 aromatic heterocycles. The summed E-state index contributed by atoms with van der Waals surface area (Å²) in [6.07, 6.45) is 8.73. The Balaban J connectivity index is 1.37. The smallest absolute Gasteiger partial charge is 0.228 e. The van der Waals surface area contributed by atoms with E-state index in [4.69, 9.17) is 0 Å². The van der Waals surface area contributed by atoms with Gasteiger partial charge in [0.1, 0.15) is 0 Å². The van der Waals surface area contributed by atoms with E-state index in [-0.39, 0.29) is 17.7 Å². The highest BCUT2D eigenvalue weighted by molar-refractivity contribution is 5.89. The summed E-state index contributed by atoms with van der Waals surface area (Å²) in [5, 5.41) is 0. The van der Waals surface area contributed by atoms with Crippen molar-refractivity contribution < 1.29 is 9.59 Å². The van der Waals surface area contributed by atoms with Crippen molar-refractivity contribution >= 4 is 11.8 Å². The van der Waals surface area contributed by atoms with Gasteiger partial charge in [0.2, 0.25) is 11.8 Å². The lowest BCUT2D eigenvalue weighted by atomic mass is 9.86. The summed E-state index contributed by atoms with van der Waals surface area (Å²) in [4.78, 5) is 33.2. The lowest BCUT2D eigenvalue weighted by Crippen LogP contribution is -2.36. The first-order valence-corrected chi connectivity index (χ1v) is 8.82. The highest BCUT2D eigenvalue weighted by Gasteiger charge is 2.41. The number of pyridine rings is 1. The Bertz CT molecular complexity index is 642. The Morgan fingerprint density at radius 1 is 1.12 bits per heavy atom. The fraction of sp³-hybridized carbons (Fsp3) is 0.526. The minimum Gasteiger partial charge on any atom is -0.342 e. The molecule has 4 rings (SSSR count). The van der Waals surface area contributed by atoms with Gasteiger partial charge in [0, 0.05) is 32.3 Å². The molecule has 5 heteroatoms. The van der Waals surface area contributed by atoms with Crippen LogP contribution in [0.3, 0.4) is 0 Å². The Kier molecular flexibility index (Phi) is 4.08. The molecule has 2 aliphatic heterocycles. The van der Waals surface area contributed by atoms with Crippen LogP contribution in [0.1, 0.15) is 25.0 Å². The molecule has 0 radical (unpaired) electrons. The fourth-order valence-corrected chi connectivity index (χ4v) is 4.23. The summed E-state index contributed by atoms with van der Waals surface area (Å²) in [7, 11) is 0. The zero-order valence-corrected chi connectivity index (χ0v) is 13.8. The molecule has 0 bridgehead atoms. The zero-order chi connectivity index (χ0) is 16.5. The molecule has 1 aromatic rings. The SMILES string of the molecule is O=C1CC(C(=O)N2C[C@H]3CC=CC[C@H]3C2)CN1Cc1ccccn1. The average Bonchev–Trinajstić information content (AvgIpc) is 3.19. The van der Waals surface area contributed by atoms with Gasteiger partial charge in [-0.2, -0.15) is 0 Å². The van der Waals surface area contributed by atoms with Crippen LogP contribution in [0.5, 0.6) is 0 Å². The number of aromatic nitrogens is 1. The number of hydrogen-bond acceptors (Lipinski definition) is 3. The van der Waals surface area contributed by atoms with Gasteiger partial charge >= 0.3 is 0 Å². The summed E-state index contributed by atoms with van der Waals surface area (Å²) < 4.78 is 0. The quantitative estimate of drug-likeness (QED) is 0.797. The van der Waals surface area contributed by atoms with E-state index >= 15 is 0 Å². The maximum absolute atomic E-state index is 12.8. The van der Waals surface area contributed by atoms with Crippen molar-refractivity contribution in [3.63, 3.8) is 0 Å². The van der Waals surface area contributed by atoms with Crippen LogP contribution in [0.2, 0.25) is 0 Å². The third-order valence-corrected chi connectivity index (χ3v) is 5.58. The summed E-state index contributed by atoms with van der Waals surface area (Å²) in [5.74, 6) is 1.27. The standard InChI is InChI=1S/C19H23N3O2/c23-18-9-16(12-21(18)13-17-7-3-4-8-20-17)19(24)22-10-14-5-1-2-6-15(14)11-22/h1-4,7-8,14-16H,5-6,9-13H2/t14-,15+,16?. The monoisotopic (exact) mass is 325 g/mol. The molecule has 0 aromatic carbocycles. The van der Waals surface area contributed by atoms with Crippen LogP contribution in [0.15, 0.2) is 36.5 Å². The topological polar surface area (TPSA) is 53.5 Å². The minimum atomic E-state index is -0.186. The molecule has 0 spiro atoms. The van der Waals surface area contributed by atoms with E-state index in [9.17, 15) is 9.59 Å². The second-order valence-electron chi connectivity index (χ2n) is 7.20. The van der Waals surface area contributed by atoms with Crippen LogP contribution in [0.4, 0.5) is 0 Å². The molecular formula is C19H23N3O2. The largest absolute Gasteiger partial charge is 0.342 e. The molecule has 3 heterocycles. The van der Waals surface area contributed by atoms with Crippen molar-refractivity contribution in [3.05, 3.63) is 42.2 Å². The number of likely N-dealkylation sites (tertiary alicyclic amines) is 2. The van der Waals surface area contributed by atoms with Crippen LogP contribution in [-0.2, 0) is 16.1 Å². The van der Waals surface area contributed by atoms with Gasteiger partial charge in [-0.05, 0) is 36.8 Å². The van der Waals surface area contributed by atoms with E-state index in [1.807, 2.05) is 23.1 Å².